The second-order valence-corrected chi connectivity index (χ2v) is 29.2. The van der Waals surface area contributed by atoms with Crippen molar-refractivity contribution in [3.8, 4) is 0 Å². The minimum atomic E-state index is -2.48. The molecule has 24 N–H and O–H groups in total. The van der Waals surface area contributed by atoms with Crippen molar-refractivity contribution in [3.63, 3.8) is 0 Å². The van der Waals surface area contributed by atoms with Gasteiger partial charge in [0.1, 0.15) is 78.4 Å². The van der Waals surface area contributed by atoms with Crippen molar-refractivity contribution in [2.75, 3.05) is 32.0 Å². The minimum Gasteiger partial charge on any atom is -0.481 e. The number of halogens is 1. The summed E-state index contributed by atoms with van der Waals surface area (Å²) >= 11 is 0. The number of ketones is 1. The highest BCUT2D eigenvalue weighted by molar-refractivity contribution is 6.05. The number of aromatic nitrogens is 1. The number of cyclic esters (lactones) is 1. The largest absolute Gasteiger partial charge is 0.481 e. The number of hydrogen-bond acceptors (Lipinski definition) is 24. The Morgan fingerprint density at radius 3 is 1.72 bits per heavy atom. The van der Waals surface area contributed by atoms with Gasteiger partial charge < -0.3 is 121 Å². The molecular weight excluding hydrogens is 1620 g/mol. The predicted molar refractivity (Wildman–Crippen MR) is 429 cm³/mol. The fraction of sp³-hybridized carbons (Fsp3) is 0.494. The van der Waals surface area contributed by atoms with Gasteiger partial charge in [-0.05, 0) is 75.4 Å². The summed E-state index contributed by atoms with van der Waals surface area (Å²) < 4.78 is 20.3. The van der Waals surface area contributed by atoms with Crippen molar-refractivity contribution in [2.45, 2.75) is 216 Å². The van der Waals surface area contributed by atoms with Crippen molar-refractivity contribution >= 4 is 135 Å². The number of rotatable bonds is 38. The number of primary amides is 1. The molecule has 5 rings (SSSR count). The van der Waals surface area contributed by atoms with E-state index < -0.39 is 267 Å². The molecule has 1 aromatic heterocycles. The van der Waals surface area contributed by atoms with Crippen LogP contribution in [0.5, 0.6) is 0 Å². The molecule has 670 valence electrons. The third-order valence-electron chi connectivity index (χ3n) is 19.3. The van der Waals surface area contributed by atoms with E-state index in [1.807, 2.05) is 16.0 Å². The van der Waals surface area contributed by atoms with E-state index in [0.717, 1.165) is 52.9 Å². The normalized spacial score (nSPS) is 20.6. The summed E-state index contributed by atoms with van der Waals surface area (Å²) in [4.78, 5) is 279. The van der Waals surface area contributed by atoms with E-state index in [4.69, 9.17) is 16.2 Å². The second-order valence-electron chi connectivity index (χ2n) is 29.2. The van der Waals surface area contributed by atoms with Crippen LogP contribution in [-0.4, -0.2) is 248 Å². The van der Waals surface area contributed by atoms with Crippen LogP contribution in [0.1, 0.15) is 152 Å². The first kappa shape index (κ1) is 100. The molecule has 13 unspecified atom stereocenters. The number of unbranched alkanes of at least 4 members (excludes halogenated alkanes) is 6. The highest BCUT2D eigenvalue weighted by Gasteiger charge is 2.41. The highest BCUT2D eigenvalue weighted by Crippen LogP contribution is 2.22. The number of para-hydroxylation sites is 2. The number of aliphatic hydroxyl groups is 1. The third kappa shape index (κ3) is 34.2. The number of carbonyl (C=O) groups is 20. The predicted octanol–water partition coefficient (Wildman–Crippen LogP) is -3.65. The van der Waals surface area contributed by atoms with Crippen LogP contribution in [0.3, 0.4) is 0 Å². The number of ether oxygens (including phenoxy) is 1. The van der Waals surface area contributed by atoms with E-state index in [2.05, 4.69) is 70.4 Å². The summed E-state index contributed by atoms with van der Waals surface area (Å²) in [7, 11) is 0. The molecule has 43 nitrogen and oxygen atoms in total. The zero-order valence-electron chi connectivity index (χ0n) is 67.9. The lowest BCUT2D eigenvalue weighted by atomic mass is 9.96. The number of esters is 1. The Morgan fingerprint density at radius 1 is 0.545 bits per heavy atom. The molecule has 1 aliphatic heterocycles. The maximum absolute atomic E-state index is 15.0. The SMILES string of the molecule is CCCCCCCCCC(=O)NC(Cc1c[nH]c2ccccc12)C(=O)NC(CC(N)=O)C(=O)NC(CC(=O)O)C(=O)NC1C(=O)NCC(=O)NC(CCCNCc2ccccc2F)C(=O)NC(CC(=O)O)C(=O)NC(C)C(=O)NC(CC(=O)O)C(=O)NCC(=O)NC(CO)C(=O)NC(C(C)CC(=O)O)C(=O)NC(CC(=O)c2ccccc2N)C(=O)OC1C. The molecule has 0 spiro atoms. The number of Topliss-reactive ketones (excluding diaryl/α,β-unsaturated/α-hetero) is 1. The molecule has 1 saturated heterocycles. The Labute approximate surface area is 703 Å². The monoisotopic (exact) mass is 1730 g/mol. The van der Waals surface area contributed by atoms with Gasteiger partial charge in [-0.3, -0.25) is 91.1 Å². The Kier molecular flexibility index (Phi) is 41.1. The molecule has 1 aliphatic rings. The first-order chi connectivity index (χ1) is 58.3. The van der Waals surface area contributed by atoms with E-state index in [1.165, 1.54) is 42.5 Å². The van der Waals surface area contributed by atoms with Gasteiger partial charge in [-0.25, -0.2) is 9.18 Å². The Hall–Kier alpha value is -13.5. The number of carboxylic acid groups (broad SMARTS) is 4. The molecule has 14 amide bonds. The number of aromatic amines is 1. The van der Waals surface area contributed by atoms with Gasteiger partial charge >= 0.3 is 29.8 Å². The molecular formula is C79H106FN17O26. The number of amides is 14. The van der Waals surface area contributed by atoms with Crippen molar-refractivity contribution in [3.05, 3.63) is 102 Å². The van der Waals surface area contributed by atoms with Crippen LogP contribution in [0.4, 0.5) is 10.1 Å². The summed E-state index contributed by atoms with van der Waals surface area (Å²) in [5.41, 5.74) is 12.6. The zero-order chi connectivity index (χ0) is 91.2. The summed E-state index contributed by atoms with van der Waals surface area (Å²) in [6, 6.07) is -5.28. The number of nitrogens with one attached hydrogen (secondary N) is 15. The van der Waals surface area contributed by atoms with Crippen molar-refractivity contribution < 1.29 is 131 Å². The van der Waals surface area contributed by atoms with Crippen LogP contribution in [-0.2, 0) is 109 Å². The van der Waals surface area contributed by atoms with E-state index in [1.54, 1.807) is 36.5 Å². The summed E-state index contributed by atoms with van der Waals surface area (Å²) in [6.07, 6.45) is -2.62. The molecule has 0 bridgehead atoms. The number of carbonyl (C=O) groups excluding carboxylic acids is 16. The highest BCUT2D eigenvalue weighted by atomic mass is 19.1. The number of H-pyrrole nitrogens is 1. The molecule has 0 radical (unpaired) electrons. The molecule has 1 fully saturated rings. The van der Waals surface area contributed by atoms with Crippen molar-refractivity contribution in [1.82, 2.24) is 79.4 Å². The van der Waals surface area contributed by atoms with Gasteiger partial charge in [0, 0.05) is 59.7 Å². The lowest BCUT2D eigenvalue weighted by Gasteiger charge is -2.30. The first-order valence-electron chi connectivity index (χ1n) is 39.5. The van der Waals surface area contributed by atoms with E-state index in [0.29, 0.717) is 29.3 Å². The maximum Gasteiger partial charge on any atom is 0.329 e. The van der Waals surface area contributed by atoms with Crippen LogP contribution in [0.15, 0.2) is 79.0 Å². The minimum absolute atomic E-state index is 0.0279. The van der Waals surface area contributed by atoms with Crippen LogP contribution >= 0.6 is 0 Å². The number of carboxylic acids is 4. The molecule has 123 heavy (non-hydrogen) atoms. The molecule has 13 atom stereocenters. The molecule has 0 saturated carbocycles. The van der Waals surface area contributed by atoms with Gasteiger partial charge in [0.05, 0.1) is 51.8 Å². The second kappa shape index (κ2) is 50.5. The quantitative estimate of drug-likeness (QED) is 0.00890. The van der Waals surface area contributed by atoms with E-state index >= 15 is 0 Å². The fourth-order valence-corrected chi connectivity index (χ4v) is 12.7. The van der Waals surface area contributed by atoms with Gasteiger partial charge in [0.25, 0.3) is 0 Å². The Morgan fingerprint density at radius 2 is 1.10 bits per heavy atom. The van der Waals surface area contributed by atoms with E-state index in [-0.39, 0.29) is 49.2 Å². The third-order valence-corrected chi connectivity index (χ3v) is 19.3. The Bertz CT molecular complexity index is 4490. The van der Waals surface area contributed by atoms with Crippen LogP contribution < -0.4 is 85.9 Å². The van der Waals surface area contributed by atoms with Crippen molar-refractivity contribution in [2.24, 2.45) is 11.7 Å². The van der Waals surface area contributed by atoms with E-state index in [9.17, 15) is 126 Å². The molecule has 2 heterocycles. The number of nitrogen functional groups attached to an aromatic ring is 1. The van der Waals surface area contributed by atoms with Gasteiger partial charge in [-0.1, -0.05) is 101 Å². The summed E-state index contributed by atoms with van der Waals surface area (Å²) in [6.45, 7) is 1.07. The van der Waals surface area contributed by atoms with Crippen LogP contribution in [0, 0.1) is 11.7 Å². The lowest BCUT2D eigenvalue weighted by molar-refractivity contribution is -0.156. The smallest absolute Gasteiger partial charge is 0.329 e. The number of aliphatic hydroxyl groups excluding tert-OH is 1. The topological polar surface area (TPSA) is 688 Å². The summed E-state index contributed by atoms with van der Waals surface area (Å²) in [5, 5.41) is 82.1. The Balaban J connectivity index is 1.63. The molecule has 4 aromatic rings. The molecule has 0 aliphatic carbocycles. The number of aliphatic carboxylic acids is 4. The number of benzene rings is 3. The van der Waals surface area contributed by atoms with Gasteiger partial charge in [-0.15, -0.1) is 0 Å². The average molecular weight is 1730 g/mol. The maximum atomic E-state index is 15.0. The molecule has 44 heteroatoms. The fourth-order valence-electron chi connectivity index (χ4n) is 12.7. The number of hydrogen-bond donors (Lipinski definition) is 22. The van der Waals surface area contributed by atoms with Gasteiger partial charge in [0.15, 0.2) is 5.78 Å². The first-order valence-corrected chi connectivity index (χ1v) is 39.5. The van der Waals surface area contributed by atoms with Gasteiger partial charge in [0.2, 0.25) is 82.7 Å². The zero-order valence-corrected chi connectivity index (χ0v) is 67.9. The standard InChI is InChI=1S/C79H106FN17O26/c1-5-6-7-8-9-10-11-26-60(101)89-51(29-44-36-84-49-24-17-14-20-45(44)49)73(116)92-52(31-59(82)100)74(117)94-55(34-66(110)111)75(118)97-68-42(4)123-79(122)56(30-58(99)46-21-13-16-23-48(46)81)95-78(121)67(40(2)28-63(104)105)96-76(119)57(39-98)90-62(103)37-85-70(113)53(32-64(106)107)91-69(112)41(3)87-72(115)54(33-65(108)109)93-71(114)50(88-61(102)38-86-77(68)120)25-18-27-83-35-43-19-12-15-22-47(43)80/h12-17,19-24,36,40-42,50-57,67-68,83-84,98H,5-11,18,25-35,37-39,81H2,1-4H3,(H2,82,100)(H,85,113)(H,86,120)(H,87,115)(H,88,102)(H,89,101)(H,90,103)(H,91,112)(H,92,116)(H,93,114)(H,94,117)(H,95,121)(H,96,119)(H,97,118)(H,104,105)(H,106,107)(H,108,109)(H,110,111). The van der Waals surface area contributed by atoms with Crippen LogP contribution in [0.2, 0.25) is 0 Å². The lowest BCUT2D eigenvalue weighted by Crippen LogP contribution is -2.62. The average Bonchev–Trinajstić information content (AvgIpc) is 1.74. The van der Waals surface area contributed by atoms with Crippen LogP contribution in [0.25, 0.3) is 10.9 Å². The number of anilines is 1. The summed E-state index contributed by atoms with van der Waals surface area (Å²) in [5.74, 6) is -30.7. The molecule has 3 aromatic carbocycles. The number of fused-ring (bicyclic) bond motifs is 1. The van der Waals surface area contributed by atoms with Crippen molar-refractivity contribution in [1.29, 1.82) is 0 Å². The van der Waals surface area contributed by atoms with Gasteiger partial charge in [-0.2, -0.15) is 0 Å². The number of nitrogens with two attached hydrogens (primary N) is 2.